The SMILES string of the molecule is CC1=C[C@H]2C=CC[C@H](C)C[C@](C)(O)C=CC(=O)O[C@@]23C(=O)N[C@H](Cc2ccccc2)[C@H]3[C@H]1C. The van der Waals surface area contributed by atoms with E-state index < -0.39 is 17.2 Å². The fourth-order valence-electron chi connectivity index (χ4n) is 5.95. The Morgan fingerprint density at radius 2 is 1.91 bits per heavy atom. The number of allylic oxidation sites excluding steroid dienone is 2. The highest BCUT2D eigenvalue weighted by Crippen LogP contribution is 2.50. The molecule has 0 unspecified atom stereocenters. The first-order valence-electron chi connectivity index (χ1n) is 12.0. The van der Waals surface area contributed by atoms with Gasteiger partial charge in [-0.1, -0.05) is 68.0 Å². The molecule has 5 heteroatoms. The summed E-state index contributed by atoms with van der Waals surface area (Å²) in [7, 11) is 0. The Hall–Kier alpha value is -2.66. The highest BCUT2D eigenvalue weighted by atomic mass is 16.6. The number of nitrogens with one attached hydrogen (secondary N) is 1. The lowest BCUT2D eigenvalue weighted by molar-refractivity contribution is -0.172. The van der Waals surface area contributed by atoms with Crippen molar-refractivity contribution in [2.24, 2.45) is 23.7 Å². The van der Waals surface area contributed by atoms with Crippen LogP contribution >= 0.6 is 0 Å². The molecule has 5 nitrogen and oxygen atoms in total. The number of carbonyl (C=O) groups is 2. The van der Waals surface area contributed by atoms with Gasteiger partial charge >= 0.3 is 5.97 Å². The van der Waals surface area contributed by atoms with Crippen LogP contribution in [-0.2, 0) is 20.7 Å². The Bertz CT molecular complexity index is 992. The topological polar surface area (TPSA) is 75.6 Å². The molecule has 1 fully saturated rings. The lowest BCUT2D eigenvalue weighted by Crippen LogP contribution is -2.56. The van der Waals surface area contributed by atoms with Gasteiger partial charge in [0.15, 0.2) is 0 Å². The Morgan fingerprint density at radius 3 is 2.64 bits per heavy atom. The molecule has 2 N–H and O–H groups in total. The standard InChI is InChI=1S/C28H35NO4/c1-18-9-8-12-22-15-19(2)20(3)25-23(16-21-10-6-5-7-11-21)29-26(31)28(22,25)33-24(30)13-14-27(4,32)17-18/h5-8,10-15,18,20,22-23,25,32H,9,16-17H2,1-4H3,(H,29,31)/t18-,20-,22+,23+,25+,27+,28-/m0/s1. The number of ether oxygens (including phenoxy) is 1. The van der Waals surface area contributed by atoms with Gasteiger partial charge in [0, 0.05) is 24.0 Å². The normalized spacial score (nSPS) is 38.8. The van der Waals surface area contributed by atoms with Crippen LogP contribution < -0.4 is 5.32 Å². The molecule has 1 spiro atoms. The van der Waals surface area contributed by atoms with E-state index in [0.29, 0.717) is 12.8 Å². The Kier molecular flexibility index (Phi) is 6.37. The molecule has 33 heavy (non-hydrogen) atoms. The number of amides is 1. The van der Waals surface area contributed by atoms with Crippen molar-refractivity contribution in [1.29, 1.82) is 0 Å². The second-order valence-corrected chi connectivity index (χ2v) is 10.4. The van der Waals surface area contributed by atoms with Crippen molar-refractivity contribution in [3.05, 3.63) is 71.8 Å². The summed E-state index contributed by atoms with van der Waals surface area (Å²) in [5, 5.41) is 13.9. The minimum absolute atomic E-state index is 0.0639. The molecular weight excluding hydrogens is 414 g/mol. The van der Waals surface area contributed by atoms with E-state index >= 15 is 0 Å². The van der Waals surface area contributed by atoms with Gasteiger partial charge < -0.3 is 15.2 Å². The Balaban J connectivity index is 1.78. The molecule has 7 atom stereocenters. The van der Waals surface area contributed by atoms with Crippen LogP contribution in [0.1, 0.15) is 46.1 Å². The maximum Gasteiger partial charge on any atom is 0.331 e. The summed E-state index contributed by atoms with van der Waals surface area (Å²) in [6.07, 6.45) is 10.9. The molecule has 3 aliphatic rings. The molecule has 1 aliphatic carbocycles. The number of esters is 1. The van der Waals surface area contributed by atoms with Crippen molar-refractivity contribution < 1.29 is 19.4 Å². The van der Waals surface area contributed by atoms with Crippen LogP contribution in [0.15, 0.2) is 66.3 Å². The largest absolute Gasteiger partial charge is 0.444 e. The summed E-state index contributed by atoms with van der Waals surface area (Å²) in [5.74, 6) is -1.10. The smallest absolute Gasteiger partial charge is 0.331 e. The fourth-order valence-corrected chi connectivity index (χ4v) is 5.95. The van der Waals surface area contributed by atoms with Crippen LogP contribution in [0.2, 0.25) is 0 Å². The lowest BCUT2D eigenvalue weighted by Gasteiger charge is -2.44. The molecule has 1 amide bonds. The third-order valence-corrected chi connectivity index (χ3v) is 7.58. The van der Waals surface area contributed by atoms with E-state index in [1.165, 1.54) is 17.7 Å². The van der Waals surface area contributed by atoms with Crippen molar-refractivity contribution in [1.82, 2.24) is 5.32 Å². The average molecular weight is 450 g/mol. The summed E-state index contributed by atoms with van der Waals surface area (Å²) < 4.78 is 6.11. The molecule has 2 heterocycles. The quantitative estimate of drug-likeness (QED) is 0.526. The maximum atomic E-state index is 13.6. The highest BCUT2D eigenvalue weighted by Gasteiger charge is 2.64. The molecule has 0 radical (unpaired) electrons. The first kappa shape index (κ1) is 23.5. The third-order valence-electron chi connectivity index (χ3n) is 7.58. The molecule has 1 saturated heterocycles. The first-order chi connectivity index (χ1) is 15.6. The second-order valence-electron chi connectivity index (χ2n) is 10.4. The minimum atomic E-state index is -1.31. The van der Waals surface area contributed by atoms with Crippen molar-refractivity contribution in [3.8, 4) is 0 Å². The van der Waals surface area contributed by atoms with Gasteiger partial charge in [-0.15, -0.1) is 0 Å². The van der Waals surface area contributed by atoms with Crippen molar-refractivity contribution in [3.63, 3.8) is 0 Å². The van der Waals surface area contributed by atoms with E-state index in [1.54, 1.807) is 6.92 Å². The van der Waals surface area contributed by atoms with E-state index in [2.05, 4.69) is 50.4 Å². The van der Waals surface area contributed by atoms with Gasteiger partial charge in [0.1, 0.15) is 0 Å². The second kappa shape index (κ2) is 8.94. The van der Waals surface area contributed by atoms with Gasteiger partial charge in [-0.25, -0.2) is 4.79 Å². The van der Waals surface area contributed by atoms with E-state index in [9.17, 15) is 14.7 Å². The predicted molar refractivity (Wildman–Crippen MR) is 128 cm³/mol. The maximum absolute atomic E-state index is 13.6. The van der Waals surface area contributed by atoms with Gasteiger partial charge in [-0.3, -0.25) is 4.79 Å². The molecule has 1 aromatic carbocycles. The zero-order valence-corrected chi connectivity index (χ0v) is 20.0. The summed E-state index contributed by atoms with van der Waals surface area (Å²) in [4.78, 5) is 26.7. The van der Waals surface area contributed by atoms with Gasteiger partial charge in [-0.2, -0.15) is 0 Å². The Labute approximate surface area is 196 Å². The molecule has 2 aliphatic heterocycles. The minimum Gasteiger partial charge on any atom is -0.444 e. The monoisotopic (exact) mass is 449 g/mol. The summed E-state index contributed by atoms with van der Waals surface area (Å²) in [5.41, 5.74) is -0.0958. The fraction of sp³-hybridized carbons (Fsp3) is 0.500. The van der Waals surface area contributed by atoms with E-state index in [-0.39, 0.29) is 35.6 Å². The number of hydrogen-bond acceptors (Lipinski definition) is 4. The van der Waals surface area contributed by atoms with Gasteiger partial charge in [-0.05, 0) is 56.6 Å². The van der Waals surface area contributed by atoms with E-state index in [0.717, 1.165) is 12.0 Å². The number of carbonyl (C=O) groups excluding carboxylic acids is 2. The van der Waals surface area contributed by atoms with E-state index in [4.69, 9.17) is 4.74 Å². The van der Waals surface area contributed by atoms with Gasteiger partial charge in [0.05, 0.1) is 5.60 Å². The van der Waals surface area contributed by atoms with Crippen LogP contribution in [-0.4, -0.2) is 34.2 Å². The Morgan fingerprint density at radius 1 is 1.18 bits per heavy atom. The van der Waals surface area contributed by atoms with Crippen molar-refractivity contribution >= 4 is 11.9 Å². The van der Waals surface area contributed by atoms with Crippen LogP contribution in [0.5, 0.6) is 0 Å². The first-order valence-corrected chi connectivity index (χ1v) is 12.0. The van der Waals surface area contributed by atoms with Gasteiger partial charge in [0.25, 0.3) is 5.91 Å². The zero-order valence-electron chi connectivity index (χ0n) is 20.0. The van der Waals surface area contributed by atoms with Crippen LogP contribution in [0.25, 0.3) is 0 Å². The molecule has 1 aromatic rings. The number of rotatable bonds is 2. The zero-order chi connectivity index (χ0) is 23.8. The summed E-state index contributed by atoms with van der Waals surface area (Å²) in [6, 6.07) is 9.94. The van der Waals surface area contributed by atoms with Crippen molar-refractivity contribution in [2.45, 2.75) is 64.2 Å². The van der Waals surface area contributed by atoms with E-state index in [1.807, 2.05) is 24.3 Å². The molecule has 0 bridgehead atoms. The third kappa shape index (κ3) is 4.56. The summed E-state index contributed by atoms with van der Waals surface area (Å²) in [6.45, 7) is 7.99. The average Bonchev–Trinajstić information content (AvgIpc) is 3.02. The number of aliphatic hydroxyl groups is 1. The molecule has 176 valence electrons. The molecule has 0 aromatic heterocycles. The lowest BCUT2D eigenvalue weighted by atomic mass is 9.63. The molecule has 0 saturated carbocycles. The van der Waals surface area contributed by atoms with Crippen LogP contribution in [0, 0.1) is 23.7 Å². The number of benzene rings is 1. The predicted octanol–water partition coefficient (Wildman–Crippen LogP) is 4.13. The highest BCUT2D eigenvalue weighted by molar-refractivity contribution is 5.94. The van der Waals surface area contributed by atoms with Gasteiger partial charge in [0.2, 0.25) is 5.60 Å². The summed E-state index contributed by atoms with van der Waals surface area (Å²) >= 11 is 0. The van der Waals surface area contributed by atoms with Crippen LogP contribution in [0.3, 0.4) is 0 Å². The number of hydrogen-bond donors (Lipinski definition) is 2. The molecular formula is C28H35NO4. The van der Waals surface area contributed by atoms with Crippen LogP contribution in [0.4, 0.5) is 0 Å². The molecule has 4 rings (SSSR count). The van der Waals surface area contributed by atoms with Crippen molar-refractivity contribution in [2.75, 3.05) is 0 Å².